The molecule has 0 unspecified atom stereocenters. The SMILES string of the molecule is CC(C)(c1ccccc1)c1ccc(OCC(=O)N2N=C(c3cccc(Br)c3)C[C@]2(O)C(F)(F)F)cc1. The van der Waals surface area contributed by atoms with Crippen molar-refractivity contribution in [3.63, 3.8) is 0 Å². The van der Waals surface area contributed by atoms with E-state index in [1.807, 2.05) is 42.5 Å². The Morgan fingerprint density at radius 3 is 2.28 bits per heavy atom. The van der Waals surface area contributed by atoms with Crippen LogP contribution in [0.3, 0.4) is 0 Å². The lowest BCUT2D eigenvalue weighted by Gasteiger charge is -2.32. The van der Waals surface area contributed by atoms with Gasteiger partial charge in [-0.2, -0.15) is 23.3 Å². The fourth-order valence-corrected chi connectivity index (χ4v) is 4.45. The second-order valence-corrected chi connectivity index (χ2v) is 9.97. The summed E-state index contributed by atoms with van der Waals surface area (Å²) in [5.41, 5.74) is -1.33. The molecule has 4 rings (SSSR count). The van der Waals surface area contributed by atoms with Crippen LogP contribution in [0.1, 0.15) is 37.0 Å². The summed E-state index contributed by atoms with van der Waals surface area (Å²) in [6, 6.07) is 23.4. The first-order valence-corrected chi connectivity index (χ1v) is 12.0. The van der Waals surface area contributed by atoms with E-state index in [1.165, 1.54) is 0 Å². The molecule has 0 aromatic heterocycles. The first-order valence-electron chi connectivity index (χ1n) is 11.2. The summed E-state index contributed by atoms with van der Waals surface area (Å²) >= 11 is 3.26. The molecule has 5 nitrogen and oxygen atoms in total. The van der Waals surface area contributed by atoms with Gasteiger partial charge in [-0.1, -0.05) is 84.4 Å². The molecule has 1 heterocycles. The van der Waals surface area contributed by atoms with Crippen LogP contribution in [0.5, 0.6) is 5.75 Å². The number of nitrogens with zero attached hydrogens (tertiary/aromatic N) is 2. The first kappa shape index (κ1) is 25.9. The van der Waals surface area contributed by atoms with E-state index in [1.54, 1.807) is 36.4 Å². The van der Waals surface area contributed by atoms with Crippen LogP contribution < -0.4 is 4.74 Å². The third-order valence-corrected chi connectivity index (χ3v) is 6.76. The highest BCUT2D eigenvalue weighted by atomic mass is 79.9. The molecule has 36 heavy (non-hydrogen) atoms. The van der Waals surface area contributed by atoms with Crippen LogP contribution >= 0.6 is 15.9 Å². The Bertz CT molecular complexity index is 1280. The Kier molecular flexibility index (Phi) is 6.99. The van der Waals surface area contributed by atoms with Crippen molar-refractivity contribution in [1.29, 1.82) is 0 Å². The molecule has 188 valence electrons. The van der Waals surface area contributed by atoms with Gasteiger partial charge in [-0.15, -0.1) is 0 Å². The normalized spacial score (nSPS) is 18.2. The molecular formula is C27H24BrF3N2O3. The summed E-state index contributed by atoms with van der Waals surface area (Å²) in [4.78, 5) is 12.8. The number of benzene rings is 3. The molecule has 9 heteroatoms. The van der Waals surface area contributed by atoms with E-state index in [9.17, 15) is 23.1 Å². The van der Waals surface area contributed by atoms with Gasteiger partial charge in [0.15, 0.2) is 6.61 Å². The van der Waals surface area contributed by atoms with Crippen molar-refractivity contribution in [1.82, 2.24) is 5.01 Å². The maximum absolute atomic E-state index is 13.8. The van der Waals surface area contributed by atoms with E-state index in [4.69, 9.17) is 4.74 Å². The van der Waals surface area contributed by atoms with Crippen LogP contribution in [0.25, 0.3) is 0 Å². The van der Waals surface area contributed by atoms with Gasteiger partial charge in [-0.3, -0.25) is 4.79 Å². The van der Waals surface area contributed by atoms with Gasteiger partial charge in [0.05, 0.1) is 12.1 Å². The van der Waals surface area contributed by atoms with Crippen molar-refractivity contribution < 1.29 is 27.8 Å². The minimum absolute atomic E-state index is 0.0584. The molecule has 0 spiro atoms. The number of aliphatic hydroxyl groups is 1. The van der Waals surface area contributed by atoms with Gasteiger partial charge >= 0.3 is 6.18 Å². The van der Waals surface area contributed by atoms with Crippen LogP contribution in [0.15, 0.2) is 88.4 Å². The Balaban J connectivity index is 1.50. The molecule has 1 aliphatic heterocycles. The average molecular weight is 561 g/mol. The molecule has 3 aromatic carbocycles. The molecule has 1 amide bonds. The Labute approximate surface area is 215 Å². The van der Waals surface area contributed by atoms with E-state index < -0.39 is 30.8 Å². The smallest absolute Gasteiger partial charge is 0.438 e. The van der Waals surface area contributed by atoms with Gasteiger partial charge in [-0.25, -0.2) is 0 Å². The highest BCUT2D eigenvalue weighted by molar-refractivity contribution is 9.10. The zero-order valence-electron chi connectivity index (χ0n) is 19.6. The first-order chi connectivity index (χ1) is 16.9. The Morgan fingerprint density at radius 1 is 1.03 bits per heavy atom. The largest absolute Gasteiger partial charge is 0.484 e. The summed E-state index contributed by atoms with van der Waals surface area (Å²) in [6.07, 6.45) is -6.01. The molecule has 0 fully saturated rings. The van der Waals surface area contributed by atoms with Crippen molar-refractivity contribution in [2.24, 2.45) is 5.10 Å². The van der Waals surface area contributed by atoms with Crippen LogP contribution in [0.2, 0.25) is 0 Å². The van der Waals surface area contributed by atoms with Gasteiger partial charge in [0.1, 0.15) is 5.75 Å². The second-order valence-electron chi connectivity index (χ2n) is 9.06. The van der Waals surface area contributed by atoms with Crippen molar-refractivity contribution in [3.05, 3.63) is 100 Å². The van der Waals surface area contributed by atoms with Crippen molar-refractivity contribution in [2.75, 3.05) is 6.61 Å². The third-order valence-electron chi connectivity index (χ3n) is 6.27. The van der Waals surface area contributed by atoms with E-state index in [2.05, 4.69) is 34.9 Å². The molecule has 0 bridgehead atoms. The highest BCUT2D eigenvalue weighted by Gasteiger charge is 2.63. The van der Waals surface area contributed by atoms with Gasteiger partial charge < -0.3 is 9.84 Å². The summed E-state index contributed by atoms with van der Waals surface area (Å²) in [6.45, 7) is 3.43. The predicted molar refractivity (Wildman–Crippen MR) is 134 cm³/mol. The number of hydrogen-bond acceptors (Lipinski definition) is 4. The Morgan fingerprint density at radius 2 is 1.67 bits per heavy atom. The third kappa shape index (κ3) is 5.03. The molecule has 3 aromatic rings. The Hall–Kier alpha value is -3.17. The number of ether oxygens (including phenoxy) is 1. The second kappa shape index (κ2) is 9.71. The average Bonchev–Trinajstić information content (AvgIpc) is 3.22. The number of hydrogen-bond donors (Lipinski definition) is 1. The quantitative estimate of drug-likeness (QED) is 0.399. The molecule has 0 saturated carbocycles. The van der Waals surface area contributed by atoms with Gasteiger partial charge in [-0.05, 0) is 41.0 Å². The minimum atomic E-state index is -5.12. The van der Waals surface area contributed by atoms with Crippen LogP contribution in [-0.4, -0.2) is 40.2 Å². The van der Waals surface area contributed by atoms with Crippen LogP contribution in [0, 0.1) is 0 Å². The number of alkyl halides is 3. The van der Waals surface area contributed by atoms with Crippen molar-refractivity contribution in [3.8, 4) is 5.75 Å². The summed E-state index contributed by atoms with van der Waals surface area (Å²) in [7, 11) is 0. The lowest BCUT2D eigenvalue weighted by molar-refractivity contribution is -0.302. The maximum Gasteiger partial charge on any atom is 0.438 e. The zero-order valence-corrected chi connectivity index (χ0v) is 21.2. The number of halogens is 4. The van der Waals surface area contributed by atoms with Gasteiger partial charge in [0.25, 0.3) is 11.6 Å². The minimum Gasteiger partial charge on any atom is -0.484 e. The zero-order chi connectivity index (χ0) is 26.1. The lowest BCUT2D eigenvalue weighted by atomic mass is 9.78. The molecule has 0 aliphatic carbocycles. The van der Waals surface area contributed by atoms with E-state index >= 15 is 0 Å². The molecule has 0 saturated heterocycles. The monoisotopic (exact) mass is 560 g/mol. The van der Waals surface area contributed by atoms with E-state index in [-0.39, 0.29) is 16.1 Å². The standard InChI is InChI=1S/C27H24BrF3N2O3/c1-25(2,19-8-4-3-5-9-19)20-11-13-22(14-12-20)36-17-24(34)33-26(35,27(29,30)31)16-23(32-33)18-7-6-10-21(28)15-18/h3-15,35H,16-17H2,1-2H3/t26-/m0/s1. The fourth-order valence-electron chi connectivity index (χ4n) is 4.05. The lowest BCUT2D eigenvalue weighted by Crippen LogP contribution is -2.57. The van der Waals surface area contributed by atoms with Crippen molar-refractivity contribution in [2.45, 2.75) is 37.6 Å². The molecule has 1 aliphatic rings. The number of carbonyl (C=O) groups excluding carboxylic acids is 1. The van der Waals surface area contributed by atoms with Gasteiger partial charge in [0.2, 0.25) is 0 Å². The van der Waals surface area contributed by atoms with Crippen LogP contribution in [-0.2, 0) is 10.2 Å². The highest BCUT2D eigenvalue weighted by Crippen LogP contribution is 2.41. The fraction of sp³-hybridized carbons (Fsp3) is 0.259. The summed E-state index contributed by atoms with van der Waals surface area (Å²) < 4.78 is 47.6. The predicted octanol–water partition coefficient (Wildman–Crippen LogP) is 6.04. The summed E-state index contributed by atoms with van der Waals surface area (Å²) in [5, 5.41) is 14.4. The maximum atomic E-state index is 13.8. The number of amides is 1. The number of rotatable bonds is 6. The summed E-state index contributed by atoms with van der Waals surface area (Å²) in [5.74, 6) is -0.810. The topological polar surface area (TPSA) is 62.1 Å². The van der Waals surface area contributed by atoms with Crippen molar-refractivity contribution >= 4 is 27.5 Å². The molecule has 0 radical (unpaired) electrons. The van der Waals surface area contributed by atoms with E-state index in [0.717, 1.165) is 11.1 Å². The molecule has 1 atom stereocenters. The number of hydrazone groups is 1. The van der Waals surface area contributed by atoms with Crippen LogP contribution in [0.4, 0.5) is 13.2 Å². The molecular weight excluding hydrogens is 537 g/mol. The van der Waals surface area contributed by atoms with Gasteiger partial charge in [0, 0.05) is 9.89 Å². The van der Waals surface area contributed by atoms with E-state index in [0.29, 0.717) is 15.8 Å². The molecule has 1 N–H and O–H groups in total. The number of carbonyl (C=O) groups is 1.